The first-order chi connectivity index (χ1) is 7.56. The number of benzene rings is 1. The summed E-state index contributed by atoms with van der Waals surface area (Å²) in [4.78, 5) is 2.71. The molecule has 0 fully saturated rings. The number of hydrogen-bond acceptors (Lipinski definition) is 3. The first-order valence-electron chi connectivity index (χ1n) is 5.18. The van der Waals surface area contributed by atoms with Crippen molar-refractivity contribution in [2.24, 2.45) is 5.73 Å². The van der Waals surface area contributed by atoms with E-state index in [0.717, 1.165) is 11.3 Å². The van der Waals surface area contributed by atoms with Crippen LogP contribution in [0.1, 0.15) is 12.5 Å². The molecule has 0 amide bonds. The summed E-state index contributed by atoms with van der Waals surface area (Å²) in [7, 11) is 2.11. The third kappa shape index (κ3) is 3.39. The van der Waals surface area contributed by atoms with Gasteiger partial charge in [-0.15, -0.1) is 0 Å². The van der Waals surface area contributed by atoms with Gasteiger partial charge in [0.15, 0.2) is 0 Å². The van der Waals surface area contributed by atoms with E-state index in [-0.39, 0.29) is 0 Å². The van der Waals surface area contributed by atoms with Gasteiger partial charge in [0.25, 0.3) is 0 Å². The highest BCUT2D eigenvalue weighted by Gasteiger charge is 2.09. The van der Waals surface area contributed by atoms with Crippen LogP contribution >= 0.6 is 24.0 Å². The standard InChI is InChI=1S/C12H18N2S2/c1-9(8-16-3)14(2)11-6-4-10(5-7-11)12(13)15/h4-7,9H,8H2,1-3H3,(H2,13,15). The number of anilines is 1. The molecule has 0 saturated carbocycles. The molecule has 0 aliphatic carbocycles. The van der Waals surface area contributed by atoms with Crippen molar-refractivity contribution < 1.29 is 0 Å². The summed E-state index contributed by atoms with van der Waals surface area (Å²) in [5, 5.41) is 0. The Balaban J connectivity index is 2.77. The van der Waals surface area contributed by atoms with Gasteiger partial charge in [-0.05, 0) is 37.4 Å². The Morgan fingerprint density at radius 1 is 1.44 bits per heavy atom. The minimum atomic E-state index is 0.450. The van der Waals surface area contributed by atoms with Gasteiger partial charge in [-0.25, -0.2) is 0 Å². The minimum absolute atomic E-state index is 0.450. The van der Waals surface area contributed by atoms with E-state index >= 15 is 0 Å². The van der Waals surface area contributed by atoms with Crippen molar-refractivity contribution in [2.45, 2.75) is 13.0 Å². The molecular weight excluding hydrogens is 236 g/mol. The average Bonchev–Trinajstić information content (AvgIpc) is 2.28. The van der Waals surface area contributed by atoms with Crippen molar-refractivity contribution in [1.29, 1.82) is 0 Å². The molecule has 0 bridgehead atoms. The summed E-state index contributed by atoms with van der Waals surface area (Å²) in [6.45, 7) is 2.22. The van der Waals surface area contributed by atoms with E-state index in [1.807, 2.05) is 23.9 Å². The number of hydrogen-bond donors (Lipinski definition) is 1. The Bertz CT molecular complexity index is 349. The molecule has 0 saturated heterocycles. The largest absolute Gasteiger partial charge is 0.389 e. The molecule has 88 valence electrons. The average molecular weight is 254 g/mol. The fourth-order valence-electron chi connectivity index (χ4n) is 1.47. The fourth-order valence-corrected chi connectivity index (χ4v) is 2.31. The van der Waals surface area contributed by atoms with Crippen LogP contribution in [-0.4, -0.2) is 30.1 Å². The van der Waals surface area contributed by atoms with Crippen molar-refractivity contribution in [1.82, 2.24) is 0 Å². The number of thiocarbonyl (C=S) groups is 1. The molecule has 0 radical (unpaired) electrons. The van der Waals surface area contributed by atoms with Crippen molar-refractivity contribution >= 4 is 34.7 Å². The van der Waals surface area contributed by atoms with Crippen LogP contribution in [0.25, 0.3) is 0 Å². The summed E-state index contributed by atoms with van der Waals surface area (Å²) in [5.41, 5.74) is 7.68. The van der Waals surface area contributed by atoms with Crippen LogP contribution in [-0.2, 0) is 0 Å². The van der Waals surface area contributed by atoms with Crippen molar-refractivity contribution in [2.75, 3.05) is 24.0 Å². The molecule has 0 spiro atoms. The van der Waals surface area contributed by atoms with E-state index in [4.69, 9.17) is 18.0 Å². The summed E-state index contributed by atoms with van der Waals surface area (Å²) in [6, 6.07) is 8.59. The maximum Gasteiger partial charge on any atom is 0.103 e. The van der Waals surface area contributed by atoms with Gasteiger partial charge in [0.1, 0.15) is 4.99 Å². The van der Waals surface area contributed by atoms with Gasteiger partial charge in [0, 0.05) is 30.1 Å². The van der Waals surface area contributed by atoms with Gasteiger partial charge in [-0.2, -0.15) is 11.8 Å². The van der Waals surface area contributed by atoms with Gasteiger partial charge < -0.3 is 10.6 Å². The Labute approximate surface area is 107 Å². The van der Waals surface area contributed by atoms with Gasteiger partial charge in [-0.3, -0.25) is 0 Å². The Morgan fingerprint density at radius 3 is 2.44 bits per heavy atom. The SMILES string of the molecule is CSCC(C)N(C)c1ccc(C(N)=S)cc1. The van der Waals surface area contributed by atoms with E-state index in [1.165, 1.54) is 5.69 Å². The van der Waals surface area contributed by atoms with Crippen molar-refractivity contribution in [3.63, 3.8) is 0 Å². The van der Waals surface area contributed by atoms with Crippen molar-refractivity contribution in [3.8, 4) is 0 Å². The lowest BCUT2D eigenvalue weighted by Crippen LogP contribution is -2.30. The molecule has 1 unspecified atom stereocenters. The van der Waals surface area contributed by atoms with E-state index in [0.29, 0.717) is 11.0 Å². The third-order valence-corrected chi connectivity index (χ3v) is 3.68. The number of rotatable bonds is 5. The van der Waals surface area contributed by atoms with Gasteiger partial charge in [0.05, 0.1) is 0 Å². The monoisotopic (exact) mass is 254 g/mol. The minimum Gasteiger partial charge on any atom is -0.389 e. The molecule has 1 aromatic rings. The lowest BCUT2D eigenvalue weighted by atomic mass is 10.2. The summed E-state index contributed by atoms with van der Waals surface area (Å²) < 4.78 is 0. The van der Waals surface area contributed by atoms with Crippen LogP contribution in [0, 0.1) is 0 Å². The second kappa shape index (κ2) is 6.11. The Morgan fingerprint density at radius 2 is 2.00 bits per heavy atom. The van der Waals surface area contributed by atoms with E-state index in [1.54, 1.807) is 0 Å². The van der Waals surface area contributed by atoms with Gasteiger partial charge in [-0.1, -0.05) is 12.2 Å². The molecule has 0 aromatic heterocycles. The molecule has 2 N–H and O–H groups in total. The lowest BCUT2D eigenvalue weighted by Gasteiger charge is -2.26. The molecule has 1 atom stereocenters. The van der Waals surface area contributed by atoms with Crippen LogP contribution in [0.3, 0.4) is 0 Å². The summed E-state index contributed by atoms with van der Waals surface area (Å²) in [5.74, 6) is 1.12. The molecule has 0 heterocycles. The quantitative estimate of drug-likeness (QED) is 0.818. The second-order valence-corrected chi connectivity index (χ2v) is 5.18. The predicted octanol–water partition coefficient (Wildman–Crippen LogP) is 2.51. The van der Waals surface area contributed by atoms with Crippen LogP contribution < -0.4 is 10.6 Å². The first kappa shape index (κ1) is 13.3. The normalized spacial score (nSPS) is 12.2. The van der Waals surface area contributed by atoms with E-state index in [2.05, 4.69) is 37.3 Å². The fraction of sp³-hybridized carbons (Fsp3) is 0.417. The second-order valence-electron chi connectivity index (χ2n) is 3.83. The topological polar surface area (TPSA) is 29.3 Å². The number of thioether (sulfide) groups is 1. The van der Waals surface area contributed by atoms with Gasteiger partial charge in [0.2, 0.25) is 0 Å². The smallest absolute Gasteiger partial charge is 0.103 e. The number of nitrogens with two attached hydrogens (primary N) is 1. The zero-order valence-corrected chi connectivity index (χ0v) is 11.6. The zero-order valence-electron chi connectivity index (χ0n) is 9.93. The predicted molar refractivity (Wildman–Crippen MR) is 78.6 cm³/mol. The molecule has 4 heteroatoms. The highest BCUT2D eigenvalue weighted by Crippen LogP contribution is 2.17. The van der Waals surface area contributed by atoms with Crippen LogP contribution in [0.2, 0.25) is 0 Å². The Kier molecular flexibility index (Phi) is 5.09. The molecule has 0 aliphatic heterocycles. The first-order valence-corrected chi connectivity index (χ1v) is 6.98. The number of nitrogens with zero attached hydrogens (tertiary/aromatic N) is 1. The molecule has 16 heavy (non-hydrogen) atoms. The highest BCUT2D eigenvalue weighted by atomic mass is 32.2. The van der Waals surface area contributed by atoms with E-state index in [9.17, 15) is 0 Å². The van der Waals surface area contributed by atoms with Gasteiger partial charge >= 0.3 is 0 Å². The van der Waals surface area contributed by atoms with E-state index < -0.39 is 0 Å². The van der Waals surface area contributed by atoms with Crippen LogP contribution in [0.5, 0.6) is 0 Å². The molecular formula is C12H18N2S2. The Hall–Kier alpha value is -0.740. The van der Waals surface area contributed by atoms with Crippen LogP contribution in [0.15, 0.2) is 24.3 Å². The van der Waals surface area contributed by atoms with Crippen LogP contribution in [0.4, 0.5) is 5.69 Å². The summed E-state index contributed by atoms with van der Waals surface area (Å²) in [6.07, 6.45) is 2.13. The molecule has 0 aliphatic rings. The molecule has 1 rings (SSSR count). The maximum atomic E-state index is 5.56. The summed E-state index contributed by atoms with van der Waals surface area (Å²) >= 11 is 6.78. The van der Waals surface area contributed by atoms with Crippen molar-refractivity contribution in [3.05, 3.63) is 29.8 Å². The molecule has 1 aromatic carbocycles. The zero-order chi connectivity index (χ0) is 12.1. The highest BCUT2D eigenvalue weighted by molar-refractivity contribution is 7.98. The molecule has 2 nitrogen and oxygen atoms in total. The maximum absolute atomic E-state index is 5.56. The lowest BCUT2D eigenvalue weighted by molar-refractivity contribution is 0.765. The third-order valence-electron chi connectivity index (χ3n) is 2.63.